The highest BCUT2D eigenvalue weighted by molar-refractivity contribution is 8.00. The second-order valence-corrected chi connectivity index (χ2v) is 17.7. The van der Waals surface area contributed by atoms with Crippen LogP contribution in [-0.2, 0) is 47.4 Å². The zero-order valence-corrected chi connectivity index (χ0v) is 37.6. The number of fused-ring (bicyclic) bond motifs is 2. The molecule has 4 aliphatic heterocycles. The molecule has 14 nitrogen and oxygen atoms in total. The topological polar surface area (TPSA) is 161 Å². The van der Waals surface area contributed by atoms with Gasteiger partial charge in [0.1, 0.15) is 35.3 Å². The molecule has 4 fully saturated rings. The number of hydrogen-bond donors (Lipinski definition) is 0. The molecule has 0 unspecified atom stereocenters. The van der Waals surface area contributed by atoms with E-state index in [0.717, 1.165) is 11.8 Å². The van der Waals surface area contributed by atoms with Gasteiger partial charge in [0.2, 0.25) is 0 Å². The van der Waals surface area contributed by atoms with Gasteiger partial charge in [-0.1, -0.05) is 145 Å². The maximum absolute atomic E-state index is 14.2. The third-order valence-electron chi connectivity index (χ3n) is 12.0. The van der Waals surface area contributed by atoms with Crippen LogP contribution in [0, 0.1) is 0 Å². The van der Waals surface area contributed by atoms with Crippen molar-refractivity contribution < 1.29 is 66.5 Å². The summed E-state index contributed by atoms with van der Waals surface area (Å²) in [6.45, 7) is -0.0505. The van der Waals surface area contributed by atoms with Gasteiger partial charge in [0.05, 0.1) is 35.5 Å². The highest BCUT2D eigenvalue weighted by atomic mass is 32.2. The van der Waals surface area contributed by atoms with Crippen molar-refractivity contribution in [3.05, 3.63) is 215 Å². The highest BCUT2D eigenvalue weighted by Crippen LogP contribution is 2.46. The molecule has 6 aromatic carbocycles. The molecular formula is C54H46O14S. The Morgan fingerprint density at radius 1 is 0.362 bits per heavy atom. The van der Waals surface area contributed by atoms with Crippen molar-refractivity contribution in [2.24, 2.45) is 0 Å². The Morgan fingerprint density at radius 2 is 0.638 bits per heavy atom. The Kier molecular flexibility index (Phi) is 14.2. The molecule has 0 bridgehead atoms. The van der Waals surface area contributed by atoms with Gasteiger partial charge in [-0.05, 0) is 48.5 Å². The number of thioether (sulfide) groups is 1. The average molecular weight is 951 g/mol. The number of carbonyl (C=O) groups excluding carboxylic acids is 4. The van der Waals surface area contributed by atoms with Gasteiger partial charge < -0.3 is 47.4 Å². The first-order valence-electron chi connectivity index (χ1n) is 22.5. The van der Waals surface area contributed by atoms with E-state index in [1.807, 2.05) is 60.7 Å². The maximum Gasteiger partial charge on any atom is 0.338 e. The molecule has 0 aromatic heterocycles. The van der Waals surface area contributed by atoms with Gasteiger partial charge in [-0.25, -0.2) is 19.2 Å². The SMILES string of the molecule is O=C(O[C@H]1[C@H]2O[C@@H](c3ccccc3)OC[C@H]2O[C@@H](S[C@@H]2O[C@@H]3CO[C@H](c4ccccc4)O[C@@H]3[C@H](OC(=O)c3ccccc3)[C@H]2OC(=O)c2ccccc2)[C@@H]1OC(=O)c1ccccc1)c1ccccc1. The minimum atomic E-state index is -1.40. The summed E-state index contributed by atoms with van der Waals surface area (Å²) in [7, 11) is 0. The first-order chi connectivity index (χ1) is 33.9. The van der Waals surface area contributed by atoms with Crippen LogP contribution < -0.4 is 0 Å². The molecule has 15 heteroatoms. The lowest BCUT2D eigenvalue weighted by Gasteiger charge is -2.51. The standard InChI is InChI=1S/C54H46O14S/c55-47(33-19-7-1-8-20-33)63-43-41-39(31-59-51(67-41)37-27-15-5-16-28-37)61-53(45(43)65-49(57)35-23-11-3-12-24-35)69-54-46(66-50(58)36-25-13-4-14-26-36)44(64-48(56)34-21-9-2-10-22-34)42-40(62-54)32-60-52(68-42)38-29-17-6-18-30-38/h1-30,39-46,51-54H,31-32H2/t39-,40-,41+,42+,43+,44+,45-,46-,51+,52+,53+,54+/m1/s1. The summed E-state index contributed by atoms with van der Waals surface area (Å²) in [5, 5.41) is 0. The lowest BCUT2D eigenvalue weighted by molar-refractivity contribution is -0.321. The zero-order chi connectivity index (χ0) is 47.1. The van der Waals surface area contributed by atoms with Crippen LogP contribution >= 0.6 is 11.8 Å². The van der Waals surface area contributed by atoms with E-state index >= 15 is 0 Å². The van der Waals surface area contributed by atoms with E-state index in [2.05, 4.69) is 0 Å². The largest absolute Gasteiger partial charge is 0.452 e. The molecule has 0 radical (unpaired) electrons. The van der Waals surface area contributed by atoms with E-state index in [1.165, 1.54) is 0 Å². The quantitative estimate of drug-likeness (QED) is 0.0851. The van der Waals surface area contributed by atoms with E-state index in [1.54, 1.807) is 121 Å². The summed E-state index contributed by atoms with van der Waals surface area (Å²) in [5.74, 6) is -2.90. The van der Waals surface area contributed by atoms with Gasteiger partial charge in [-0.15, -0.1) is 0 Å². The fourth-order valence-electron chi connectivity index (χ4n) is 8.59. The van der Waals surface area contributed by atoms with Crippen molar-refractivity contribution in [3.8, 4) is 0 Å². The number of hydrogen-bond acceptors (Lipinski definition) is 15. The van der Waals surface area contributed by atoms with E-state index in [4.69, 9.17) is 47.4 Å². The molecule has 0 spiro atoms. The normalized spacial score (nSPS) is 28.4. The Labute approximate surface area is 401 Å². The van der Waals surface area contributed by atoms with Gasteiger partial charge in [0.25, 0.3) is 0 Å². The van der Waals surface area contributed by atoms with E-state index in [-0.39, 0.29) is 35.5 Å². The minimum absolute atomic E-state index is 0.0253. The van der Waals surface area contributed by atoms with Crippen molar-refractivity contribution in [3.63, 3.8) is 0 Å². The van der Waals surface area contributed by atoms with Gasteiger partial charge in [-0.2, -0.15) is 0 Å². The lowest BCUT2D eigenvalue weighted by atomic mass is 9.97. The fourth-order valence-corrected chi connectivity index (χ4v) is 9.99. The number of ether oxygens (including phenoxy) is 10. The van der Waals surface area contributed by atoms with Crippen molar-refractivity contribution in [1.29, 1.82) is 0 Å². The summed E-state index contributed by atoms with van der Waals surface area (Å²) < 4.78 is 64.9. The maximum atomic E-state index is 14.2. The monoisotopic (exact) mass is 950 g/mol. The molecule has 0 aliphatic carbocycles. The molecule has 0 amide bonds. The predicted octanol–water partition coefficient (Wildman–Crippen LogP) is 8.30. The number of rotatable bonds is 12. The van der Waals surface area contributed by atoms with Crippen LogP contribution in [0.2, 0.25) is 0 Å². The van der Waals surface area contributed by atoms with E-state index in [9.17, 15) is 19.2 Å². The first-order valence-corrected chi connectivity index (χ1v) is 23.4. The van der Waals surface area contributed by atoms with Crippen LogP contribution in [0.5, 0.6) is 0 Å². The number of carbonyl (C=O) groups is 4. The molecule has 352 valence electrons. The zero-order valence-electron chi connectivity index (χ0n) is 36.8. The Balaban J connectivity index is 1.04. The summed E-state index contributed by atoms with van der Waals surface area (Å²) in [5.41, 5.74) is -0.142. The van der Waals surface area contributed by atoms with E-state index in [0.29, 0.717) is 11.1 Å². The number of benzene rings is 6. The van der Waals surface area contributed by atoms with Gasteiger partial charge in [0.15, 0.2) is 37.0 Å². The van der Waals surface area contributed by atoms with Gasteiger partial charge in [0, 0.05) is 11.1 Å². The first kappa shape index (κ1) is 46.1. The number of esters is 4. The third kappa shape index (κ3) is 10.5. The second-order valence-electron chi connectivity index (χ2n) is 16.5. The van der Waals surface area contributed by atoms with E-state index < -0.39 is 96.2 Å². The van der Waals surface area contributed by atoms with Crippen LogP contribution in [-0.4, -0.2) is 96.8 Å². The molecule has 0 N–H and O–H groups in total. The molecule has 4 saturated heterocycles. The van der Waals surface area contributed by atoms with Crippen LogP contribution in [0.15, 0.2) is 182 Å². The Hall–Kier alpha value is -6.69. The highest BCUT2D eigenvalue weighted by Gasteiger charge is 2.59. The molecule has 10 rings (SSSR count). The molecule has 69 heavy (non-hydrogen) atoms. The molecule has 12 atom stereocenters. The summed E-state index contributed by atoms with van der Waals surface area (Å²) >= 11 is 0.987. The van der Waals surface area contributed by atoms with Crippen molar-refractivity contribution >= 4 is 35.6 Å². The van der Waals surface area contributed by atoms with Crippen molar-refractivity contribution in [2.75, 3.05) is 13.2 Å². The Bertz CT molecular complexity index is 2480. The van der Waals surface area contributed by atoms with Crippen LogP contribution in [0.4, 0.5) is 0 Å². The predicted molar refractivity (Wildman–Crippen MR) is 248 cm³/mol. The van der Waals surface area contributed by atoms with Crippen molar-refractivity contribution in [1.82, 2.24) is 0 Å². The second kappa shape index (κ2) is 21.3. The molecule has 4 aliphatic rings. The summed E-state index contributed by atoms with van der Waals surface area (Å²) in [6, 6.07) is 52.0. The van der Waals surface area contributed by atoms with Crippen LogP contribution in [0.3, 0.4) is 0 Å². The molecule has 4 heterocycles. The Morgan fingerprint density at radius 3 is 0.942 bits per heavy atom. The molecule has 0 saturated carbocycles. The van der Waals surface area contributed by atoms with Crippen molar-refractivity contribution in [2.45, 2.75) is 72.3 Å². The average Bonchev–Trinajstić information content (AvgIpc) is 3.41. The van der Waals surface area contributed by atoms with Gasteiger partial charge >= 0.3 is 23.9 Å². The minimum Gasteiger partial charge on any atom is -0.452 e. The van der Waals surface area contributed by atoms with Crippen LogP contribution in [0.1, 0.15) is 65.1 Å². The third-order valence-corrected chi connectivity index (χ3v) is 13.3. The lowest BCUT2D eigenvalue weighted by Crippen LogP contribution is -2.65. The smallest absolute Gasteiger partial charge is 0.338 e. The molecule has 6 aromatic rings. The summed E-state index contributed by atoms with van der Waals surface area (Å²) in [4.78, 5) is 56.7. The van der Waals surface area contributed by atoms with Crippen LogP contribution in [0.25, 0.3) is 0 Å². The fraction of sp³-hybridized carbons (Fsp3) is 0.259. The summed E-state index contributed by atoms with van der Waals surface area (Å²) in [6.07, 6.45) is -11.1. The molecular weight excluding hydrogens is 905 g/mol. The van der Waals surface area contributed by atoms with Gasteiger partial charge in [-0.3, -0.25) is 0 Å².